The zero-order chi connectivity index (χ0) is 15.6. The molecule has 0 spiro atoms. The maximum atomic E-state index is 5.28. The zero-order valence-corrected chi connectivity index (χ0v) is 14.8. The van der Waals surface area contributed by atoms with Crippen LogP contribution < -0.4 is 10.1 Å². The number of nitrogens with one attached hydrogen (secondary N) is 1. The second-order valence-electron chi connectivity index (χ2n) is 5.40. The van der Waals surface area contributed by atoms with Crippen LogP contribution in [0.1, 0.15) is 36.8 Å². The Morgan fingerprint density at radius 2 is 2.05 bits per heavy atom. The molecule has 0 unspecified atom stereocenters. The molecular weight excluding hydrogens is 330 g/mol. The Morgan fingerprint density at radius 3 is 2.62 bits per heavy atom. The Bertz CT molecular complexity index is 635. The summed E-state index contributed by atoms with van der Waals surface area (Å²) in [6, 6.07) is 6.35. The number of aromatic nitrogens is 2. The standard InChI is InChI=1S/C16H22BrN3O/c1-10(2)20-12(4)16(11(3)19-20)18-9-13-8-14(21-5)6-7-15(13)17/h6-8,10,18H,9H2,1-5H3. The third kappa shape index (κ3) is 3.40. The summed E-state index contributed by atoms with van der Waals surface area (Å²) in [6.45, 7) is 9.14. The molecule has 0 aliphatic carbocycles. The van der Waals surface area contributed by atoms with E-state index in [4.69, 9.17) is 4.74 Å². The molecule has 0 aliphatic rings. The van der Waals surface area contributed by atoms with Gasteiger partial charge in [0.1, 0.15) is 5.75 Å². The van der Waals surface area contributed by atoms with Crippen LogP contribution in [0.2, 0.25) is 0 Å². The Labute approximate surface area is 134 Å². The van der Waals surface area contributed by atoms with Gasteiger partial charge in [-0.3, -0.25) is 4.68 Å². The van der Waals surface area contributed by atoms with E-state index in [1.54, 1.807) is 7.11 Å². The van der Waals surface area contributed by atoms with Crippen molar-refractivity contribution in [2.45, 2.75) is 40.3 Å². The minimum absolute atomic E-state index is 0.364. The maximum Gasteiger partial charge on any atom is 0.119 e. The molecule has 0 radical (unpaired) electrons. The molecule has 4 nitrogen and oxygen atoms in total. The topological polar surface area (TPSA) is 39.1 Å². The van der Waals surface area contributed by atoms with E-state index in [1.807, 2.05) is 25.1 Å². The third-order valence-corrected chi connectivity index (χ3v) is 4.30. The number of anilines is 1. The number of halogens is 1. The highest BCUT2D eigenvalue weighted by Gasteiger charge is 2.13. The molecule has 1 N–H and O–H groups in total. The summed E-state index contributed by atoms with van der Waals surface area (Å²) in [6.07, 6.45) is 0. The van der Waals surface area contributed by atoms with E-state index in [1.165, 1.54) is 5.69 Å². The molecule has 1 aromatic heterocycles. The predicted octanol–water partition coefficient (Wildman–Crippen LogP) is 4.46. The molecule has 1 heterocycles. The number of methoxy groups -OCH3 is 1. The van der Waals surface area contributed by atoms with E-state index >= 15 is 0 Å². The van der Waals surface area contributed by atoms with Crippen molar-refractivity contribution in [3.05, 3.63) is 39.6 Å². The van der Waals surface area contributed by atoms with Gasteiger partial charge in [-0.25, -0.2) is 0 Å². The molecule has 114 valence electrons. The van der Waals surface area contributed by atoms with Gasteiger partial charge in [-0.1, -0.05) is 15.9 Å². The molecule has 0 fully saturated rings. The SMILES string of the molecule is COc1ccc(Br)c(CNc2c(C)nn(C(C)C)c2C)c1. The largest absolute Gasteiger partial charge is 0.497 e. The molecule has 0 bridgehead atoms. The van der Waals surface area contributed by atoms with Gasteiger partial charge in [-0.2, -0.15) is 5.10 Å². The molecule has 2 rings (SSSR count). The zero-order valence-electron chi connectivity index (χ0n) is 13.2. The van der Waals surface area contributed by atoms with Crippen molar-refractivity contribution in [2.24, 2.45) is 0 Å². The summed E-state index contributed by atoms with van der Waals surface area (Å²) in [5.74, 6) is 0.862. The van der Waals surface area contributed by atoms with Gasteiger partial charge in [0, 0.05) is 17.1 Å². The molecule has 0 aliphatic heterocycles. The van der Waals surface area contributed by atoms with Gasteiger partial charge >= 0.3 is 0 Å². The number of aryl methyl sites for hydroxylation is 1. The minimum atomic E-state index is 0.364. The molecule has 0 amide bonds. The van der Waals surface area contributed by atoms with Crippen LogP contribution in [0.15, 0.2) is 22.7 Å². The average molecular weight is 352 g/mol. The highest BCUT2D eigenvalue weighted by molar-refractivity contribution is 9.10. The van der Waals surface area contributed by atoms with E-state index in [0.717, 1.165) is 33.7 Å². The monoisotopic (exact) mass is 351 g/mol. The average Bonchev–Trinajstić information content (AvgIpc) is 2.73. The molecule has 5 heteroatoms. The van der Waals surface area contributed by atoms with Crippen LogP contribution in [-0.4, -0.2) is 16.9 Å². The lowest BCUT2D eigenvalue weighted by Gasteiger charge is -2.11. The van der Waals surface area contributed by atoms with Crippen LogP contribution in [0.25, 0.3) is 0 Å². The lowest BCUT2D eigenvalue weighted by atomic mass is 10.2. The van der Waals surface area contributed by atoms with E-state index in [0.29, 0.717) is 6.04 Å². The van der Waals surface area contributed by atoms with Crippen LogP contribution >= 0.6 is 15.9 Å². The number of rotatable bonds is 5. The third-order valence-electron chi connectivity index (χ3n) is 3.52. The first-order chi connectivity index (χ1) is 9.93. The lowest BCUT2D eigenvalue weighted by Crippen LogP contribution is -2.06. The molecular formula is C16H22BrN3O. The highest BCUT2D eigenvalue weighted by atomic mass is 79.9. The van der Waals surface area contributed by atoms with Crippen molar-refractivity contribution in [3.8, 4) is 5.75 Å². The number of hydrogen-bond donors (Lipinski definition) is 1. The molecule has 0 saturated carbocycles. The summed E-state index contributed by atoms with van der Waals surface area (Å²) >= 11 is 3.58. The number of nitrogens with zero attached hydrogens (tertiary/aromatic N) is 2. The molecule has 0 atom stereocenters. The van der Waals surface area contributed by atoms with Crippen LogP contribution in [0.5, 0.6) is 5.75 Å². The quantitative estimate of drug-likeness (QED) is 0.863. The van der Waals surface area contributed by atoms with Crippen LogP contribution in [0, 0.1) is 13.8 Å². The summed E-state index contributed by atoms with van der Waals surface area (Å²) in [5.41, 5.74) is 4.46. The van der Waals surface area contributed by atoms with Gasteiger partial charge in [0.2, 0.25) is 0 Å². The number of benzene rings is 1. The fraction of sp³-hybridized carbons (Fsp3) is 0.438. The number of ether oxygens (including phenoxy) is 1. The van der Waals surface area contributed by atoms with Gasteiger partial charge in [0.15, 0.2) is 0 Å². The van der Waals surface area contributed by atoms with E-state index < -0.39 is 0 Å². The minimum Gasteiger partial charge on any atom is -0.497 e. The van der Waals surface area contributed by atoms with Gasteiger partial charge in [-0.05, 0) is 51.5 Å². The Kier molecular flexibility index (Phi) is 4.93. The normalized spacial score (nSPS) is 11.0. The maximum absolute atomic E-state index is 5.28. The van der Waals surface area contributed by atoms with Gasteiger partial charge in [-0.15, -0.1) is 0 Å². The smallest absolute Gasteiger partial charge is 0.119 e. The Hall–Kier alpha value is -1.49. The predicted molar refractivity (Wildman–Crippen MR) is 90.1 cm³/mol. The van der Waals surface area contributed by atoms with Crippen molar-refractivity contribution in [1.82, 2.24) is 9.78 Å². The van der Waals surface area contributed by atoms with E-state index in [2.05, 4.69) is 51.8 Å². The first-order valence-electron chi connectivity index (χ1n) is 7.06. The first kappa shape index (κ1) is 15.9. The first-order valence-corrected chi connectivity index (χ1v) is 7.85. The van der Waals surface area contributed by atoms with Crippen LogP contribution in [0.4, 0.5) is 5.69 Å². The highest BCUT2D eigenvalue weighted by Crippen LogP contribution is 2.26. The second kappa shape index (κ2) is 6.52. The molecule has 21 heavy (non-hydrogen) atoms. The van der Waals surface area contributed by atoms with Gasteiger partial charge in [0.05, 0.1) is 24.2 Å². The van der Waals surface area contributed by atoms with Crippen molar-refractivity contribution in [2.75, 3.05) is 12.4 Å². The van der Waals surface area contributed by atoms with E-state index in [9.17, 15) is 0 Å². The van der Waals surface area contributed by atoms with Crippen LogP contribution in [0.3, 0.4) is 0 Å². The summed E-state index contributed by atoms with van der Waals surface area (Å²) in [7, 11) is 1.68. The summed E-state index contributed by atoms with van der Waals surface area (Å²) in [4.78, 5) is 0. The summed E-state index contributed by atoms with van der Waals surface area (Å²) < 4.78 is 8.41. The summed E-state index contributed by atoms with van der Waals surface area (Å²) in [5, 5.41) is 8.09. The second-order valence-corrected chi connectivity index (χ2v) is 6.25. The van der Waals surface area contributed by atoms with Crippen molar-refractivity contribution in [3.63, 3.8) is 0 Å². The van der Waals surface area contributed by atoms with Crippen LogP contribution in [-0.2, 0) is 6.54 Å². The Balaban J connectivity index is 2.21. The van der Waals surface area contributed by atoms with Crippen molar-refractivity contribution < 1.29 is 4.74 Å². The van der Waals surface area contributed by atoms with Crippen molar-refractivity contribution >= 4 is 21.6 Å². The number of hydrogen-bond acceptors (Lipinski definition) is 3. The molecule has 0 saturated heterocycles. The van der Waals surface area contributed by atoms with E-state index in [-0.39, 0.29) is 0 Å². The molecule has 1 aromatic carbocycles. The van der Waals surface area contributed by atoms with Crippen molar-refractivity contribution in [1.29, 1.82) is 0 Å². The lowest BCUT2D eigenvalue weighted by molar-refractivity contribution is 0.414. The fourth-order valence-electron chi connectivity index (χ4n) is 2.42. The Morgan fingerprint density at radius 1 is 1.33 bits per heavy atom. The molecule has 2 aromatic rings. The fourth-order valence-corrected chi connectivity index (χ4v) is 2.81. The van der Waals surface area contributed by atoms with Gasteiger partial charge in [0.25, 0.3) is 0 Å². The van der Waals surface area contributed by atoms with Gasteiger partial charge < -0.3 is 10.1 Å².